The molecule has 0 bridgehead atoms. The van der Waals surface area contributed by atoms with Crippen molar-refractivity contribution in [3.05, 3.63) is 34.9 Å². The van der Waals surface area contributed by atoms with Gasteiger partial charge in [-0.3, -0.25) is 4.79 Å². The third-order valence-corrected chi connectivity index (χ3v) is 3.45. The topological polar surface area (TPSA) is 17.1 Å². The van der Waals surface area contributed by atoms with Crippen LogP contribution in [-0.2, 0) is 0 Å². The Kier molecular flexibility index (Phi) is 3.42. The molecule has 0 amide bonds. The molecule has 1 aromatic rings. The summed E-state index contributed by atoms with van der Waals surface area (Å²) in [6, 6.07) is 7.32. The van der Waals surface area contributed by atoms with Crippen LogP contribution in [0, 0.1) is 5.92 Å². The maximum absolute atomic E-state index is 11.9. The van der Waals surface area contributed by atoms with Crippen LogP contribution in [0.2, 0.25) is 5.02 Å². The molecule has 1 aliphatic rings. The van der Waals surface area contributed by atoms with Gasteiger partial charge in [-0.1, -0.05) is 49.4 Å². The van der Waals surface area contributed by atoms with Crippen molar-refractivity contribution in [2.45, 2.75) is 32.1 Å². The van der Waals surface area contributed by atoms with E-state index in [1.807, 2.05) is 18.2 Å². The molecule has 1 nitrogen and oxygen atoms in total. The van der Waals surface area contributed by atoms with E-state index in [2.05, 4.69) is 0 Å². The van der Waals surface area contributed by atoms with Crippen molar-refractivity contribution in [3.63, 3.8) is 0 Å². The van der Waals surface area contributed by atoms with Crippen molar-refractivity contribution < 1.29 is 4.79 Å². The predicted molar refractivity (Wildman–Crippen MR) is 62.4 cm³/mol. The summed E-state index contributed by atoms with van der Waals surface area (Å²) in [7, 11) is 0. The van der Waals surface area contributed by atoms with Gasteiger partial charge in [-0.15, -0.1) is 0 Å². The van der Waals surface area contributed by atoms with Gasteiger partial charge in [0.2, 0.25) is 0 Å². The Morgan fingerprint density at radius 1 is 1.27 bits per heavy atom. The second kappa shape index (κ2) is 4.80. The van der Waals surface area contributed by atoms with E-state index < -0.39 is 0 Å². The highest BCUT2D eigenvalue weighted by atomic mass is 35.5. The average molecular weight is 223 g/mol. The van der Waals surface area contributed by atoms with E-state index >= 15 is 0 Å². The number of rotatable bonds is 3. The van der Waals surface area contributed by atoms with E-state index in [9.17, 15) is 4.79 Å². The lowest BCUT2D eigenvalue weighted by molar-refractivity contribution is 0.0962. The van der Waals surface area contributed by atoms with E-state index in [0.717, 1.165) is 0 Å². The first kappa shape index (κ1) is 10.7. The first-order valence-corrected chi connectivity index (χ1v) is 5.93. The van der Waals surface area contributed by atoms with Crippen LogP contribution in [0.3, 0.4) is 0 Å². The molecule has 0 aliphatic heterocycles. The fourth-order valence-electron chi connectivity index (χ4n) is 2.27. The van der Waals surface area contributed by atoms with Crippen molar-refractivity contribution in [1.82, 2.24) is 0 Å². The van der Waals surface area contributed by atoms with Gasteiger partial charge in [-0.05, 0) is 18.1 Å². The van der Waals surface area contributed by atoms with Gasteiger partial charge in [-0.25, -0.2) is 0 Å². The molecule has 0 spiro atoms. The van der Waals surface area contributed by atoms with Crippen LogP contribution < -0.4 is 0 Å². The first-order valence-electron chi connectivity index (χ1n) is 5.55. The van der Waals surface area contributed by atoms with Crippen LogP contribution in [0.1, 0.15) is 42.5 Å². The van der Waals surface area contributed by atoms with Crippen LogP contribution in [-0.4, -0.2) is 5.78 Å². The zero-order valence-corrected chi connectivity index (χ0v) is 9.46. The molecule has 2 rings (SSSR count). The number of hydrogen-bond acceptors (Lipinski definition) is 1. The molecule has 0 radical (unpaired) electrons. The van der Waals surface area contributed by atoms with Crippen molar-refractivity contribution in [1.29, 1.82) is 0 Å². The van der Waals surface area contributed by atoms with Gasteiger partial charge in [0.1, 0.15) is 0 Å². The number of carbonyl (C=O) groups excluding carboxylic acids is 1. The van der Waals surface area contributed by atoms with Crippen LogP contribution in [0.4, 0.5) is 0 Å². The lowest BCUT2D eigenvalue weighted by atomic mass is 9.97. The summed E-state index contributed by atoms with van der Waals surface area (Å²) in [6.45, 7) is 0. The van der Waals surface area contributed by atoms with Crippen LogP contribution >= 0.6 is 11.6 Å². The molecule has 80 valence electrons. The zero-order valence-electron chi connectivity index (χ0n) is 8.71. The van der Waals surface area contributed by atoms with Gasteiger partial charge in [0, 0.05) is 12.0 Å². The van der Waals surface area contributed by atoms with E-state index in [-0.39, 0.29) is 5.78 Å². The Morgan fingerprint density at radius 3 is 2.60 bits per heavy atom. The van der Waals surface area contributed by atoms with Gasteiger partial charge in [-0.2, -0.15) is 0 Å². The molecule has 0 heterocycles. The summed E-state index contributed by atoms with van der Waals surface area (Å²) in [6.07, 6.45) is 5.64. The minimum absolute atomic E-state index is 0.201. The number of ketones is 1. The number of benzene rings is 1. The molecule has 15 heavy (non-hydrogen) atoms. The number of Topliss-reactive ketones (excluding diaryl/α,β-unsaturated/α-hetero) is 1. The Balaban J connectivity index is 2.04. The smallest absolute Gasteiger partial charge is 0.164 e. The molecule has 0 aromatic heterocycles. The third-order valence-electron chi connectivity index (χ3n) is 3.12. The first-order chi connectivity index (χ1) is 7.27. The summed E-state index contributed by atoms with van der Waals surface area (Å²) < 4.78 is 0. The number of hydrogen-bond donors (Lipinski definition) is 0. The molecule has 0 N–H and O–H groups in total. The van der Waals surface area contributed by atoms with Gasteiger partial charge in [0.15, 0.2) is 5.78 Å². The second-order valence-corrected chi connectivity index (χ2v) is 4.66. The Labute approximate surface area is 95.4 Å². The minimum atomic E-state index is 0.201. The number of halogens is 1. The number of carbonyl (C=O) groups is 1. The van der Waals surface area contributed by atoms with Crippen LogP contribution in [0.25, 0.3) is 0 Å². The van der Waals surface area contributed by atoms with Gasteiger partial charge >= 0.3 is 0 Å². The molecule has 0 atom stereocenters. The fourth-order valence-corrected chi connectivity index (χ4v) is 2.52. The molecule has 1 saturated carbocycles. The van der Waals surface area contributed by atoms with Gasteiger partial charge in [0.25, 0.3) is 0 Å². The molecule has 1 aromatic carbocycles. The standard InChI is InChI=1S/C13H15ClO/c14-12-8-4-3-7-11(12)13(15)9-10-5-1-2-6-10/h3-4,7-8,10H,1-2,5-6,9H2. The lowest BCUT2D eigenvalue weighted by Crippen LogP contribution is -2.06. The molecular weight excluding hydrogens is 208 g/mol. The highest BCUT2D eigenvalue weighted by Crippen LogP contribution is 2.29. The Bertz CT molecular complexity index is 353. The SMILES string of the molecule is O=C(CC1CCCC1)c1ccccc1Cl. The van der Waals surface area contributed by atoms with Crippen LogP contribution in [0.15, 0.2) is 24.3 Å². The molecule has 2 heteroatoms. The van der Waals surface area contributed by atoms with Crippen molar-refractivity contribution in [2.75, 3.05) is 0 Å². The maximum Gasteiger partial charge on any atom is 0.164 e. The quantitative estimate of drug-likeness (QED) is 0.704. The summed E-state index contributed by atoms with van der Waals surface area (Å²) in [5.41, 5.74) is 0.686. The molecule has 1 fully saturated rings. The van der Waals surface area contributed by atoms with Crippen molar-refractivity contribution in [3.8, 4) is 0 Å². The zero-order chi connectivity index (χ0) is 10.7. The van der Waals surface area contributed by atoms with E-state index in [0.29, 0.717) is 22.9 Å². The Morgan fingerprint density at radius 2 is 1.93 bits per heavy atom. The monoisotopic (exact) mass is 222 g/mol. The summed E-state index contributed by atoms with van der Waals surface area (Å²) in [4.78, 5) is 11.9. The fraction of sp³-hybridized carbons (Fsp3) is 0.462. The predicted octanol–water partition coefficient (Wildman–Crippen LogP) is 4.10. The van der Waals surface area contributed by atoms with E-state index in [1.165, 1.54) is 25.7 Å². The molecule has 0 unspecified atom stereocenters. The highest BCUT2D eigenvalue weighted by molar-refractivity contribution is 6.33. The summed E-state index contributed by atoms with van der Waals surface area (Å²) in [5.74, 6) is 0.793. The Hall–Kier alpha value is -0.820. The normalized spacial score (nSPS) is 16.9. The summed E-state index contributed by atoms with van der Waals surface area (Å²) in [5, 5.41) is 0.584. The summed E-state index contributed by atoms with van der Waals surface area (Å²) >= 11 is 5.98. The maximum atomic E-state index is 11.9. The van der Waals surface area contributed by atoms with E-state index in [4.69, 9.17) is 11.6 Å². The van der Waals surface area contributed by atoms with Crippen molar-refractivity contribution in [2.24, 2.45) is 5.92 Å². The van der Waals surface area contributed by atoms with Crippen LogP contribution in [0.5, 0.6) is 0 Å². The third kappa shape index (κ3) is 2.60. The molecule has 0 saturated heterocycles. The largest absolute Gasteiger partial charge is 0.294 e. The average Bonchev–Trinajstić information content (AvgIpc) is 2.71. The van der Waals surface area contributed by atoms with Gasteiger partial charge in [0.05, 0.1) is 5.02 Å². The highest BCUT2D eigenvalue weighted by Gasteiger charge is 2.20. The molecule has 1 aliphatic carbocycles. The second-order valence-electron chi connectivity index (χ2n) is 4.26. The van der Waals surface area contributed by atoms with Crippen molar-refractivity contribution >= 4 is 17.4 Å². The lowest BCUT2D eigenvalue weighted by Gasteiger charge is -2.08. The molecular formula is C13H15ClO. The van der Waals surface area contributed by atoms with Gasteiger partial charge < -0.3 is 0 Å². The van der Waals surface area contributed by atoms with E-state index in [1.54, 1.807) is 6.07 Å². The minimum Gasteiger partial charge on any atom is -0.294 e.